The van der Waals surface area contributed by atoms with Crippen molar-refractivity contribution in [2.24, 2.45) is 0 Å². The second-order valence-corrected chi connectivity index (χ2v) is 7.09. The maximum Gasteiger partial charge on any atom is 0.194 e. The molecule has 2 nitrogen and oxygen atoms in total. The van der Waals surface area contributed by atoms with Crippen LogP contribution in [0.1, 0.15) is 24.2 Å². The highest BCUT2D eigenvalue weighted by atomic mass is 32.2. The highest BCUT2D eigenvalue weighted by Crippen LogP contribution is 2.33. The SMILES string of the molecule is CCC(c1ccccc1)S(=O)(=O)c1cccs1. The summed E-state index contributed by atoms with van der Waals surface area (Å²) in [7, 11) is -3.24. The summed E-state index contributed by atoms with van der Waals surface area (Å²) in [5.41, 5.74) is 0.864. The number of rotatable bonds is 4. The molecule has 0 aliphatic carbocycles. The van der Waals surface area contributed by atoms with E-state index < -0.39 is 15.1 Å². The van der Waals surface area contributed by atoms with E-state index in [-0.39, 0.29) is 0 Å². The quantitative estimate of drug-likeness (QED) is 0.846. The van der Waals surface area contributed by atoms with Crippen molar-refractivity contribution in [1.29, 1.82) is 0 Å². The Bertz CT molecular complexity index is 557. The first-order valence-corrected chi connectivity index (χ1v) is 7.91. The molecule has 1 unspecified atom stereocenters. The molecule has 90 valence electrons. The maximum atomic E-state index is 12.4. The smallest absolute Gasteiger partial charge is 0.194 e. The molecule has 17 heavy (non-hydrogen) atoms. The van der Waals surface area contributed by atoms with Crippen molar-refractivity contribution in [2.75, 3.05) is 0 Å². The number of thiophene rings is 1. The molecular weight excluding hydrogens is 252 g/mol. The summed E-state index contributed by atoms with van der Waals surface area (Å²) in [5.74, 6) is 0. The minimum atomic E-state index is -3.24. The van der Waals surface area contributed by atoms with Gasteiger partial charge in [-0.15, -0.1) is 11.3 Å². The molecule has 0 amide bonds. The molecular formula is C13H14O2S2. The lowest BCUT2D eigenvalue weighted by atomic mass is 10.1. The van der Waals surface area contributed by atoms with Gasteiger partial charge in [0, 0.05) is 0 Å². The molecule has 2 rings (SSSR count). The Morgan fingerprint density at radius 3 is 2.35 bits per heavy atom. The van der Waals surface area contributed by atoms with E-state index in [4.69, 9.17) is 0 Å². The summed E-state index contributed by atoms with van der Waals surface area (Å²) >= 11 is 1.28. The van der Waals surface area contributed by atoms with Crippen molar-refractivity contribution in [1.82, 2.24) is 0 Å². The fourth-order valence-electron chi connectivity index (χ4n) is 1.87. The summed E-state index contributed by atoms with van der Waals surface area (Å²) < 4.78 is 25.3. The van der Waals surface area contributed by atoms with Crippen LogP contribution in [-0.4, -0.2) is 8.42 Å². The molecule has 0 aliphatic heterocycles. The summed E-state index contributed by atoms with van der Waals surface area (Å²) in [6.07, 6.45) is 0.588. The van der Waals surface area contributed by atoms with E-state index in [1.807, 2.05) is 37.3 Å². The van der Waals surface area contributed by atoms with Crippen molar-refractivity contribution < 1.29 is 8.42 Å². The molecule has 0 saturated carbocycles. The molecule has 1 aromatic heterocycles. The molecule has 0 fully saturated rings. The normalized spacial score (nSPS) is 13.5. The van der Waals surface area contributed by atoms with E-state index >= 15 is 0 Å². The topological polar surface area (TPSA) is 34.1 Å². The second kappa shape index (κ2) is 5.02. The van der Waals surface area contributed by atoms with Gasteiger partial charge >= 0.3 is 0 Å². The average Bonchev–Trinajstić information content (AvgIpc) is 2.85. The monoisotopic (exact) mass is 266 g/mol. The lowest BCUT2D eigenvalue weighted by Crippen LogP contribution is -2.11. The molecule has 0 saturated heterocycles. The van der Waals surface area contributed by atoms with Gasteiger partial charge in [0.05, 0.1) is 5.25 Å². The summed E-state index contributed by atoms with van der Waals surface area (Å²) in [4.78, 5) is 0. The Morgan fingerprint density at radius 1 is 1.12 bits per heavy atom. The zero-order chi connectivity index (χ0) is 12.3. The predicted molar refractivity (Wildman–Crippen MR) is 71.0 cm³/mol. The van der Waals surface area contributed by atoms with Gasteiger partial charge in [-0.05, 0) is 23.4 Å². The molecule has 1 heterocycles. The third kappa shape index (κ3) is 2.42. The van der Waals surface area contributed by atoms with Crippen LogP contribution in [0, 0.1) is 0 Å². The molecule has 0 radical (unpaired) electrons. The van der Waals surface area contributed by atoms with Gasteiger partial charge in [-0.2, -0.15) is 0 Å². The van der Waals surface area contributed by atoms with Gasteiger partial charge in [-0.25, -0.2) is 8.42 Å². The minimum absolute atomic E-state index is 0.442. The van der Waals surface area contributed by atoms with Crippen molar-refractivity contribution in [2.45, 2.75) is 22.8 Å². The van der Waals surface area contributed by atoms with Crippen molar-refractivity contribution >= 4 is 21.2 Å². The molecule has 1 aromatic carbocycles. The van der Waals surface area contributed by atoms with Crippen molar-refractivity contribution in [3.05, 3.63) is 53.4 Å². The molecule has 4 heteroatoms. The second-order valence-electron chi connectivity index (χ2n) is 3.78. The van der Waals surface area contributed by atoms with E-state index in [0.29, 0.717) is 10.6 Å². The van der Waals surface area contributed by atoms with Gasteiger partial charge in [-0.3, -0.25) is 0 Å². The Balaban J connectivity index is 2.44. The van der Waals surface area contributed by atoms with Crippen LogP contribution in [-0.2, 0) is 9.84 Å². The Hall–Kier alpha value is -1.13. The molecule has 0 spiro atoms. The first-order valence-electron chi connectivity index (χ1n) is 5.48. The third-order valence-corrected chi connectivity index (χ3v) is 6.39. The number of hydrogen-bond acceptors (Lipinski definition) is 3. The number of benzene rings is 1. The first kappa shape index (κ1) is 12.3. The van der Waals surface area contributed by atoms with Gasteiger partial charge in [0.25, 0.3) is 0 Å². The molecule has 1 atom stereocenters. The molecule has 0 N–H and O–H groups in total. The van der Waals surface area contributed by atoms with Crippen LogP contribution in [0.5, 0.6) is 0 Å². The van der Waals surface area contributed by atoms with Crippen molar-refractivity contribution in [3.63, 3.8) is 0 Å². The van der Waals surface area contributed by atoms with E-state index in [1.165, 1.54) is 11.3 Å². The Morgan fingerprint density at radius 2 is 1.82 bits per heavy atom. The zero-order valence-corrected chi connectivity index (χ0v) is 11.2. The average molecular weight is 266 g/mol. The number of sulfone groups is 1. The van der Waals surface area contributed by atoms with E-state index in [1.54, 1.807) is 17.5 Å². The molecule has 0 bridgehead atoms. The van der Waals surface area contributed by atoms with Crippen LogP contribution in [0.25, 0.3) is 0 Å². The molecule has 0 aliphatic rings. The van der Waals surface area contributed by atoms with Gasteiger partial charge in [-0.1, -0.05) is 43.3 Å². The third-order valence-electron chi connectivity index (χ3n) is 2.69. The summed E-state index contributed by atoms with van der Waals surface area (Å²) in [6, 6.07) is 12.8. The van der Waals surface area contributed by atoms with Gasteiger partial charge in [0.15, 0.2) is 9.84 Å². The predicted octanol–water partition coefficient (Wildman–Crippen LogP) is 3.67. The first-order chi connectivity index (χ1) is 8.16. The summed E-state index contributed by atoms with van der Waals surface area (Å²) in [5, 5.41) is 1.35. The fraction of sp³-hybridized carbons (Fsp3) is 0.231. The van der Waals surface area contributed by atoms with Crippen LogP contribution < -0.4 is 0 Å². The Labute approximate surface area is 106 Å². The van der Waals surface area contributed by atoms with Gasteiger partial charge < -0.3 is 0 Å². The van der Waals surface area contributed by atoms with Crippen LogP contribution in [0.4, 0.5) is 0 Å². The zero-order valence-electron chi connectivity index (χ0n) is 9.54. The van der Waals surface area contributed by atoms with Crippen LogP contribution in [0.15, 0.2) is 52.1 Å². The lowest BCUT2D eigenvalue weighted by molar-refractivity contribution is 0.581. The Kier molecular flexibility index (Phi) is 3.64. The van der Waals surface area contributed by atoms with Crippen LogP contribution in [0.3, 0.4) is 0 Å². The summed E-state index contributed by atoms with van der Waals surface area (Å²) in [6.45, 7) is 1.91. The van der Waals surface area contributed by atoms with E-state index in [9.17, 15) is 8.42 Å². The maximum absolute atomic E-state index is 12.4. The fourth-order valence-corrected chi connectivity index (χ4v) is 4.87. The standard InChI is InChI=1S/C13H14O2S2/c1-2-12(11-7-4-3-5-8-11)17(14,15)13-9-6-10-16-13/h3-10,12H,2H2,1H3. The highest BCUT2D eigenvalue weighted by molar-refractivity contribution is 7.93. The molecule has 2 aromatic rings. The van der Waals surface area contributed by atoms with Crippen LogP contribution in [0.2, 0.25) is 0 Å². The van der Waals surface area contributed by atoms with E-state index in [2.05, 4.69) is 0 Å². The van der Waals surface area contributed by atoms with Crippen molar-refractivity contribution in [3.8, 4) is 0 Å². The largest absolute Gasteiger partial charge is 0.222 e. The van der Waals surface area contributed by atoms with Crippen LogP contribution >= 0.6 is 11.3 Å². The highest BCUT2D eigenvalue weighted by Gasteiger charge is 2.27. The van der Waals surface area contributed by atoms with E-state index in [0.717, 1.165) is 5.56 Å². The van der Waals surface area contributed by atoms with Gasteiger partial charge in [0.2, 0.25) is 0 Å². The number of hydrogen-bond donors (Lipinski definition) is 0. The van der Waals surface area contributed by atoms with Gasteiger partial charge in [0.1, 0.15) is 4.21 Å². The minimum Gasteiger partial charge on any atom is -0.222 e. The lowest BCUT2D eigenvalue weighted by Gasteiger charge is -2.14.